The van der Waals surface area contributed by atoms with Crippen LogP contribution in [0.5, 0.6) is 0 Å². The molecule has 0 heterocycles. The minimum absolute atomic E-state index is 0. The van der Waals surface area contributed by atoms with Crippen LogP contribution in [0.1, 0.15) is 0 Å². The first-order valence-electron chi connectivity index (χ1n) is 3.10. The monoisotopic (exact) mass is 213 g/mol. The van der Waals surface area contributed by atoms with Crippen molar-refractivity contribution in [1.29, 1.82) is 0 Å². The van der Waals surface area contributed by atoms with Gasteiger partial charge < -0.3 is 27.0 Å². The molecule has 0 aromatic heterocycles. The standard InChI is InChI=1S/C5H11N3O4.ClH/c6-2(1-12-5(8)11)3(9)4(7)10;/h2-3,9H,1,6H2,(H2,7,10)(H2,8,11);1H. The van der Waals surface area contributed by atoms with Crippen LogP contribution in [0.3, 0.4) is 0 Å². The van der Waals surface area contributed by atoms with Crippen LogP contribution in [-0.2, 0) is 9.53 Å². The van der Waals surface area contributed by atoms with Crippen LogP contribution in [0.4, 0.5) is 4.79 Å². The lowest BCUT2D eigenvalue weighted by Crippen LogP contribution is -2.47. The first-order chi connectivity index (χ1) is 5.45. The number of carbonyl (C=O) groups excluding carboxylic acids is 2. The molecule has 0 aromatic carbocycles. The van der Waals surface area contributed by atoms with E-state index in [0.717, 1.165) is 0 Å². The third kappa shape index (κ3) is 6.14. The molecule has 0 spiro atoms. The van der Waals surface area contributed by atoms with E-state index in [1.165, 1.54) is 0 Å². The van der Waals surface area contributed by atoms with Gasteiger partial charge in [-0.1, -0.05) is 0 Å². The van der Waals surface area contributed by atoms with Gasteiger partial charge in [0.15, 0.2) is 6.10 Å². The Morgan fingerprint density at radius 1 is 1.38 bits per heavy atom. The summed E-state index contributed by atoms with van der Waals surface area (Å²) in [7, 11) is 0. The van der Waals surface area contributed by atoms with Gasteiger partial charge in [0.25, 0.3) is 0 Å². The molecule has 0 aliphatic carbocycles. The van der Waals surface area contributed by atoms with Crippen molar-refractivity contribution in [2.75, 3.05) is 6.61 Å². The van der Waals surface area contributed by atoms with Gasteiger partial charge in [-0.25, -0.2) is 4.79 Å². The number of hydrogen-bond acceptors (Lipinski definition) is 5. The molecule has 0 rings (SSSR count). The molecule has 13 heavy (non-hydrogen) atoms. The third-order valence-corrected chi connectivity index (χ3v) is 1.12. The Morgan fingerprint density at radius 3 is 2.15 bits per heavy atom. The molecule has 2 unspecified atom stereocenters. The summed E-state index contributed by atoms with van der Waals surface area (Å²) in [5.41, 5.74) is 14.5. The minimum Gasteiger partial charge on any atom is -0.448 e. The Labute approximate surface area is 80.6 Å². The number of ether oxygens (including phenoxy) is 1. The summed E-state index contributed by atoms with van der Waals surface area (Å²) in [6.45, 7) is -0.348. The summed E-state index contributed by atoms with van der Waals surface area (Å²) in [4.78, 5) is 20.3. The van der Waals surface area contributed by atoms with Crippen molar-refractivity contribution in [1.82, 2.24) is 0 Å². The third-order valence-electron chi connectivity index (χ3n) is 1.12. The topological polar surface area (TPSA) is 142 Å². The lowest BCUT2D eigenvalue weighted by atomic mass is 10.2. The number of aliphatic hydroxyl groups excluding tert-OH is 1. The molecule has 78 valence electrons. The molecule has 0 aromatic rings. The molecule has 0 saturated carbocycles. The zero-order valence-electron chi connectivity index (χ0n) is 6.67. The van der Waals surface area contributed by atoms with Crippen LogP contribution in [0.2, 0.25) is 0 Å². The normalized spacial score (nSPS) is 13.7. The fraction of sp³-hybridized carbons (Fsp3) is 0.600. The first-order valence-corrected chi connectivity index (χ1v) is 3.10. The Hall–Kier alpha value is -1.05. The van der Waals surface area contributed by atoms with Gasteiger partial charge in [0, 0.05) is 0 Å². The van der Waals surface area contributed by atoms with Gasteiger partial charge in [-0.3, -0.25) is 4.79 Å². The van der Waals surface area contributed by atoms with E-state index < -0.39 is 24.1 Å². The molecule has 0 bridgehead atoms. The van der Waals surface area contributed by atoms with Crippen molar-refractivity contribution >= 4 is 24.4 Å². The number of hydrogen-bond donors (Lipinski definition) is 4. The molecule has 2 amide bonds. The highest BCUT2D eigenvalue weighted by Crippen LogP contribution is 1.90. The van der Waals surface area contributed by atoms with E-state index in [-0.39, 0.29) is 19.0 Å². The summed E-state index contributed by atoms with van der Waals surface area (Å²) in [6, 6.07) is -1.05. The van der Waals surface area contributed by atoms with Crippen LogP contribution in [0.15, 0.2) is 0 Å². The predicted octanol–water partition coefficient (Wildman–Crippen LogP) is -2.32. The van der Waals surface area contributed by atoms with Gasteiger partial charge in [0.1, 0.15) is 6.61 Å². The molecule has 2 atom stereocenters. The largest absolute Gasteiger partial charge is 0.448 e. The first kappa shape index (κ1) is 14.5. The van der Waals surface area contributed by atoms with Crippen molar-refractivity contribution < 1.29 is 19.4 Å². The number of amides is 2. The summed E-state index contributed by atoms with van der Waals surface area (Å²) in [5.74, 6) is -0.976. The predicted molar refractivity (Wildman–Crippen MR) is 46.0 cm³/mol. The van der Waals surface area contributed by atoms with Crippen molar-refractivity contribution in [3.63, 3.8) is 0 Å². The molecule has 0 aliphatic rings. The summed E-state index contributed by atoms with van der Waals surface area (Å²) < 4.78 is 4.22. The van der Waals surface area contributed by atoms with Gasteiger partial charge in [-0.2, -0.15) is 0 Å². The van der Waals surface area contributed by atoms with Crippen LogP contribution < -0.4 is 17.2 Å². The SMILES string of the molecule is Cl.NC(=O)OCC(N)C(O)C(N)=O. The Bertz CT molecular complexity index is 189. The molecule has 0 fully saturated rings. The van der Waals surface area contributed by atoms with E-state index in [4.69, 9.17) is 16.6 Å². The van der Waals surface area contributed by atoms with Crippen molar-refractivity contribution in [2.45, 2.75) is 12.1 Å². The van der Waals surface area contributed by atoms with E-state index in [1.54, 1.807) is 0 Å². The molecule has 8 heteroatoms. The van der Waals surface area contributed by atoms with Gasteiger partial charge in [0.2, 0.25) is 5.91 Å². The Balaban J connectivity index is 0. The van der Waals surface area contributed by atoms with Gasteiger partial charge in [0.05, 0.1) is 6.04 Å². The second kappa shape index (κ2) is 6.46. The lowest BCUT2D eigenvalue weighted by molar-refractivity contribution is -0.127. The highest BCUT2D eigenvalue weighted by atomic mass is 35.5. The highest BCUT2D eigenvalue weighted by Gasteiger charge is 2.21. The average molecular weight is 214 g/mol. The summed E-state index contributed by atoms with van der Waals surface area (Å²) in [6.07, 6.45) is -2.56. The summed E-state index contributed by atoms with van der Waals surface area (Å²) in [5, 5.41) is 8.88. The lowest BCUT2D eigenvalue weighted by Gasteiger charge is -2.14. The molecule has 7 nitrogen and oxygen atoms in total. The van der Waals surface area contributed by atoms with E-state index in [2.05, 4.69) is 10.5 Å². The molecule has 0 radical (unpaired) electrons. The average Bonchev–Trinajstić information content (AvgIpc) is 1.98. The van der Waals surface area contributed by atoms with Crippen molar-refractivity contribution in [3.05, 3.63) is 0 Å². The number of aliphatic hydroxyl groups is 1. The Morgan fingerprint density at radius 2 is 1.85 bits per heavy atom. The number of halogens is 1. The number of carbonyl (C=O) groups is 2. The van der Waals surface area contributed by atoms with Gasteiger partial charge in [-0.15, -0.1) is 12.4 Å². The number of nitrogens with two attached hydrogens (primary N) is 3. The van der Waals surface area contributed by atoms with E-state index in [1.807, 2.05) is 0 Å². The summed E-state index contributed by atoms with van der Waals surface area (Å²) >= 11 is 0. The maximum atomic E-state index is 10.3. The van der Waals surface area contributed by atoms with Crippen LogP contribution in [0, 0.1) is 0 Å². The molecule has 0 saturated heterocycles. The second-order valence-electron chi connectivity index (χ2n) is 2.14. The Kier molecular flexibility index (Phi) is 7.20. The second-order valence-corrected chi connectivity index (χ2v) is 2.14. The number of primary amides is 2. The highest BCUT2D eigenvalue weighted by molar-refractivity contribution is 5.85. The van der Waals surface area contributed by atoms with Crippen LogP contribution in [0.25, 0.3) is 0 Å². The van der Waals surface area contributed by atoms with E-state index >= 15 is 0 Å². The van der Waals surface area contributed by atoms with Crippen LogP contribution >= 0.6 is 12.4 Å². The molecular weight excluding hydrogens is 202 g/mol. The maximum Gasteiger partial charge on any atom is 0.404 e. The maximum absolute atomic E-state index is 10.3. The van der Waals surface area contributed by atoms with Gasteiger partial charge >= 0.3 is 6.09 Å². The van der Waals surface area contributed by atoms with Crippen molar-refractivity contribution in [3.8, 4) is 0 Å². The van der Waals surface area contributed by atoms with Crippen molar-refractivity contribution in [2.24, 2.45) is 17.2 Å². The molecular formula is C5H12ClN3O4. The van der Waals surface area contributed by atoms with E-state index in [0.29, 0.717) is 0 Å². The zero-order chi connectivity index (χ0) is 9.72. The van der Waals surface area contributed by atoms with Crippen LogP contribution in [-0.4, -0.2) is 35.9 Å². The number of rotatable bonds is 4. The molecule has 0 aliphatic heterocycles. The zero-order valence-corrected chi connectivity index (χ0v) is 7.49. The fourth-order valence-corrected chi connectivity index (χ4v) is 0.480. The quantitative estimate of drug-likeness (QED) is 0.415. The molecule has 7 N–H and O–H groups in total. The smallest absolute Gasteiger partial charge is 0.404 e. The fourth-order valence-electron chi connectivity index (χ4n) is 0.480. The van der Waals surface area contributed by atoms with Gasteiger partial charge in [-0.05, 0) is 0 Å². The van der Waals surface area contributed by atoms with E-state index in [9.17, 15) is 9.59 Å². The minimum atomic E-state index is -1.54.